The molecule has 3 aromatic carbocycles. The molecule has 0 aromatic heterocycles. The highest BCUT2D eigenvalue weighted by Crippen LogP contribution is 2.43. The second kappa shape index (κ2) is 10.5. The molecule has 190 valence electrons. The van der Waals surface area contributed by atoms with Crippen LogP contribution in [0, 0.1) is 13.8 Å². The van der Waals surface area contributed by atoms with E-state index in [1.165, 1.54) is 22.3 Å². The number of hydrogen-bond donors (Lipinski definition) is 0. The lowest BCUT2D eigenvalue weighted by Gasteiger charge is -2.57. The van der Waals surface area contributed by atoms with Crippen molar-refractivity contribution in [1.82, 2.24) is 9.21 Å². The summed E-state index contributed by atoms with van der Waals surface area (Å²) in [4.78, 5) is 2.89. The summed E-state index contributed by atoms with van der Waals surface area (Å²) in [7, 11) is -1.81. The zero-order chi connectivity index (χ0) is 25.3. The van der Waals surface area contributed by atoms with E-state index < -0.39 is 10.0 Å². The van der Waals surface area contributed by atoms with Gasteiger partial charge < -0.3 is 4.74 Å². The summed E-state index contributed by atoms with van der Waals surface area (Å²) in [6.07, 6.45) is 1.85. The molecule has 2 aliphatic rings. The summed E-state index contributed by atoms with van der Waals surface area (Å²) in [6, 6.07) is 25.1. The van der Waals surface area contributed by atoms with Crippen LogP contribution in [0.2, 0.25) is 0 Å². The van der Waals surface area contributed by atoms with Gasteiger partial charge in [-0.05, 0) is 61.6 Å². The summed E-state index contributed by atoms with van der Waals surface area (Å²) < 4.78 is 34.8. The number of benzene rings is 3. The molecule has 5 rings (SSSR count). The summed E-state index contributed by atoms with van der Waals surface area (Å²) in [5.74, 6) is 0.226. The first-order valence-electron chi connectivity index (χ1n) is 12.9. The van der Waals surface area contributed by atoms with E-state index in [0.717, 1.165) is 24.9 Å². The molecule has 0 radical (unpaired) electrons. The number of methoxy groups -OCH3 is 1. The lowest BCUT2D eigenvalue weighted by molar-refractivity contribution is -0.0635. The van der Waals surface area contributed by atoms with Gasteiger partial charge in [-0.25, -0.2) is 8.42 Å². The molecule has 0 spiro atoms. The van der Waals surface area contributed by atoms with Crippen LogP contribution < -0.4 is 0 Å². The summed E-state index contributed by atoms with van der Waals surface area (Å²) >= 11 is 0. The highest BCUT2D eigenvalue weighted by atomic mass is 32.2. The fourth-order valence-corrected chi connectivity index (χ4v) is 7.71. The van der Waals surface area contributed by atoms with E-state index in [1.807, 2.05) is 25.1 Å². The maximum Gasteiger partial charge on any atom is 0.243 e. The number of fused-ring (bicyclic) bond motifs is 1. The fourth-order valence-electron chi connectivity index (χ4n) is 5.99. The second-order valence-corrected chi connectivity index (χ2v) is 12.1. The summed E-state index contributed by atoms with van der Waals surface area (Å²) in [6.45, 7) is 6.68. The Labute approximate surface area is 215 Å². The van der Waals surface area contributed by atoms with Gasteiger partial charge in [0.1, 0.15) is 0 Å². The molecule has 0 N–H and O–H groups in total. The van der Waals surface area contributed by atoms with Crippen molar-refractivity contribution in [3.63, 3.8) is 0 Å². The van der Waals surface area contributed by atoms with Crippen LogP contribution in [-0.2, 0) is 14.8 Å². The van der Waals surface area contributed by atoms with Crippen LogP contribution in [0.5, 0.6) is 0 Å². The minimum Gasteiger partial charge on any atom is -0.383 e. The molecule has 0 bridgehead atoms. The molecule has 2 fully saturated rings. The molecule has 0 saturated carbocycles. The van der Waals surface area contributed by atoms with Crippen LogP contribution in [0.15, 0.2) is 77.7 Å². The van der Waals surface area contributed by atoms with Gasteiger partial charge in [-0.1, -0.05) is 72.3 Å². The topological polar surface area (TPSA) is 49.9 Å². The fraction of sp³-hybridized carbons (Fsp3) is 0.400. The van der Waals surface area contributed by atoms with Crippen LogP contribution >= 0.6 is 0 Å². The average Bonchev–Trinajstić information content (AvgIpc) is 2.85. The molecule has 2 heterocycles. The number of hydrogen-bond acceptors (Lipinski definition) is 4. The highest BCUT2D eigenvalue weighted by Gasteiger charge is 2.50. The zero-order valence-electron chi connectivity index (χ0n) is 21.4. The van der Waals surface area contributed by atoms with E-state index in [2.05, 4.69) is 60.4 Å². The van der Waals surface area contributed by atoms with Crippen LogP contribution in [0.4, 0.5) is 0 Å². The quantitative estimate of drug-likeness (QED) is 0.461. The Morgan fingerprint density at radius 3 is 2.36 bits per heavy atom. The summed E-state index contributed by atoms with van der Waals surface area (Å²) in [5.41, 5.74) is 5.71. The number of aryl methyl sites for hydroxylation is 2. The average molecular weight is 505 g/mol. The molecule has 3 aromatic rings. The third-order valence-electron chi connectivity index (χ3n) is 7.84. The van der Waals surface area contributed by atoms with Crippen molar-refractivity contribution in [2.24, 2.45) is 0 Å². The van der Waals surface area contributed by atoms with E-state index in [9.17, 15) is 8.42 Å². The Bertz CT molecular complexity index is 1310. The van der Waals surface area contributed by atoms with Gasteiger partial charge in [0, 0.05) is 38.2 Å². The van der Waals surface area contributed by atoms with Crippen molar-refractivity contribution in [1.29, 1.82) is 0 Å². The molecule has 5 nitrogen and oxygen atoms in total. The van der Waals surface area contributed by atoms with Crippen molar-refractivity contribution >= 4 is 10.0 Å². The van der Waals surface area contributed by atoms with E-state index >= 15 is 0 Å². The minimum atomic E-state index is -3.56. The van der Waals surface area contributed by atoms with Gasteiger partial charge in [0.25, 0.3) is 0 Å². The highest BCUT2D eigenvalue weighted by molar-refractivity contribution is 7.89. The van der Waals surface area contributed by atoms with E-state index in [1.54, 1.807) is 17.5 Å². The second-order valence-electron chi connectivity index (χ2n) is 10.2. The van der Waals surface area contributed by atoms with Gasteiger partial charge in [0.2, 0.25) is 10.0 Å². The van der Waals surface area contributed by atoms with Crippen molar-refractivity contribution in [2.75, 3.05) is 33.4 Å². The first kappa shape index (κ1) is 25.2. The standard InChI is InChI=1S/C30H36N2O3S/c1-22-9-8-11-26(19-22)24-13-15-25(16-14-24)30-27-20-31(17-6-7-18-32(27)28(30)21-35-3)36(33,34)29-12-5-4-10-23(29)2/h4-5,8-16,19,27-28,30H,6-7,17-18,20-21H2,1-3H3/t27-,28+,30-/m0/s1. The van der Waals surface area contributed by atoms with Crippen LogP contribution in [0.3, 0.4) is 0 Å². The Hall–Kier alpha value is -2.51. The number of rotatable bonds is 6. The molecule has 3 atom stereocenters. The lowest BCUT2D eigenvalue weighted by Crippen LogP contribution is -2.68. The van der Waals surface area contributed by atoms with E-state index in [4.69, 9.17) is 4.74 Å². The Kier molecular flexibility index (Phi) is 7.31. The Morgan fingerprint density at radius 1 is 0.889 bits per heavy atom. The molecule has 0 aliphatic carbocycles. The van der Waals surface area contributed by atoms with Crippen molar-refractivity contribution < 1.29 is 13.2 Å². The lowest BCUT2D eigenvalue weighted by atomic mass is 9.74. The van der Waals surface area contributed by atoms with Crippen LogP contribution in [-0.4, -0.2) is 63.1 Å². The van der Waals surface area contributed by atoms with Gasteiger partial charge in [0.15, 0.2) is 0 Å². The third-order valence-corrected chi connectivity index (χ3v) is 9.87. The number of sulfonamides is 1. The SMILES string of the molecule is COC[C@@H]1[C@@H](c2ccc(-c3cccc(C)c3)cc2)[C@@H]2CN(S(=O)(=O)c3ccccc3C)CCCCN12. The first-order chi connectivity index (χ1) is 17.4. The van der Waals surface area contributed by atoms with Gasteiger partial charge in [-0.3, -0.25) is 4.90 Å². The normalized spacial score (nSPS) is 23.4. The van der Waals surface area contributed by atoms with Gasteiger partial charge >= 0.3 is 0 Å². The predicted molar refractivity (Wildman–Crippen MR) is 145 cm³/mol. The first-order valence-corrected chi connectivity index (χ1v) is 14.3. The third kappa shape index (κ3) is 4.75. The van der Waals surface area contributed by atoms with Crippen LogP contribution in [0.1, 0.15) is 35.4 Å². The van der Waals surface area contributed by atoms with Crippen molar-refractivity contribution in [3.05, 3.63) is 89.5 Å². The molecule has 2 aliphatic heterocycles. The monoisotopic (exact) mass is 504 g/mol. The smallest absolute Gasteiger partial charge is 0.243 e. The molecule has 0 unspecified atom stereocenters. The minimum absolute atomic E-state index is 0.133. The van der Waals surface area contributed by atoms with Crippen molar-refractivity contribution in [2.45, 2.75) is 49.6 Å². The van der Waals surface area contributed by atoms with Gasteiger partial charge in [-0.15, -0.1) is 0 Å². The van der Waals surface area contributed by atoms with Crippen LogP contribution in [0.25, 0.3) is 11.1 Å². The Morgan fingerprint density at radius 2 is 1.64 bits per heavy atom. The molecule has 36 heavy (non-hydrogen) atoms. The maximum atomic E-state index is 13.7. The van der Waals surface area contributed by atoms with E-state index in [-0.39, 0.29) is 18.0 Å². The van der Waals surface area contributed by atoms with Gasteiger partial charge in [-0.2, -0.15) is 4.31 Å². The zero-order valence-corrected chi connectivity index (χ0v) is 22.2. The summed E-state index contributed by atoms with van der Waals surface area (Å²) in [5, 5.41) is 0. The number of nitrogens with zero attached hydrogens (tertiary/aromatic N) is 2. The molecular weight excluding hydrogens is 468 g/mol. The molecule has 2 saturated heterocycles. The maximum absolute atomic E-state index is 13.7. The molecular formula is C30H36N2O3S. The van der Waals surface area contributed by atoms with E-state index in [0.29, 0.717) is 24.6 Å². The Balaban J connectivity index is 1.45. The molecule has 6 heteroatoms. The number of ether oxygens (including phenoxy) is 1. The van der Waals surface area contributed by atoms with Gasteiger partial charge in [0.05, 0.1) is 11.5 Å². The molecule has 0 amide bonds. The predicted octanol–water partition coefficient (Wildman–Crippen LogP) is 5.24. The largest absolute Gasteiger partial charge is 0.383 e. The van der Waals surface area contributed by atoms with Crippen molar-refractivity contribution in [3.8, 4) is 11.1 Å².